The first-order valence-electron chi connectivity index (χ1n) is 13.4. The van der Waals surface area contributed by atoms with Crippen molar-refractivity contribution in [2.75, 3.05) is 0 Å². The van der Waals surface area contributed by atoms with Crippen molar-refractivity contribution in [2.45, 2.75) is 71.1 Å². The molecule has 0 bridgehead atoms. The van der Waals surface area contributed by atoms with Crippen LogP contribution in [0.1, 0.15) is 58.2 Å². The summed E-state index contributed by atoms with van der Waals surface area (Å²) in [5.41, 5.74) is 8.38. The molecule has 3 aromatic carbocycles. The van der Waals surface area contributed by atoms with Crippen LogP contribution < -0.4 is 4.57 Å². The zero-order valence-electron chi connectivity index (χ0n) is 23.4. The molecule has 0 atom stereocenters. The smallest absolute Gasteiger partial charge is 0.222 e. The van der Waals surface area contributed by atoms with E-state index in [0.29, 0.717) is 0 Å². The van der Waals surface area contributed by atoms with E-state index in [1.807, 2.05) is 18.0 Å². The van der Waals surface area contributed by atoms with Crippen LogP contribution in [0, 0.1) is 17.8 Å². The van der Waals surface area contributed by atoms with Crippen molar-refractivity contribution < 1.29 is 4.57 Å². The molecule has 0 N–H and O–H groups in total. The van der Waals surface area contributed by atoms with Gasteiger partial charge in [-0.25, -0.2) is 4.57 Å². The van der Waals surface area contributed by atoms with Crippen LogP contribution in [0.5, 0.6) is 0 Å². The first-order chi connectivity index (χ1) is 17.4. The van der Waals surface area contributed by atoms with Crippen molar-refractivity contribution in [1.29, 1.82) is 0 Å². The highest BCUT2D eigenvalue weighted by molar-refractivity contribution is 8.00. The molecule has 0 aliphatic carbocycles. The fourth-order valence-electron chi connectivity index (χ4n) is 6.13. The highest BCUT2D eigenvalue weighted by Gasteiger charge is 2.33. The molecule has 0 saturated heterocycles. The maximum Gasteiger partial charge on any atom is 0.222 e. The standard InChI is InChI=1S/C34H37N2S/c1-20-28-31-29-23(13-15-36(31)8)25-16-21(18-33(2,3)4)11-12-22(25)17-27(29)37-32(28)26(19-34(5,6)7)24-10-9-14-35-30(20)24/h9-17H,18-19H2,1-8H3/q+1. The molecule has 2 nitrogen and oxygen atoms in total. The lowest BCUT2D eigenvalue weighted by molar-refractivity contribution is -0.659. The molecule has 1 aliphatic heterocycles. The normalized spacial score (nSPS) is 13.5. The molecule has 6 rings (SSSR count). The maximum absolute atomic E-state index is 4.91. The summed E-state index contributed by atoms with van der Waals surface area (Å²) in [6, 6.07) is 16.2. The van der Waals surface area contributed by atoms with Gasteiger partial charge in [0.15, 0.2) is 6.20 Å². The number of nitrogens with zero attached hydrogens (tertiary/aromatic N) is 2. The van der Waals surface area contributed by atoms with Crippen molar-refractivity contribution >= 4 is 44.2 Å². The van der Waals surface area contributed by atoms with Crippen LogP contribution in [0.25, 0.3) is 43.7 Å². The number of fused-ring (bicyclic) bond motifs is 5. The Balaban J connectivity index is 1.72. The molecule has 3 heterocycles. The largest absolute Gasteiger partial charge is 0.256 e. The van der Waals surface area contributed by atoms with Gasteiger partial charge in [0, 0.05) is 32.8 Å². The van der Waals surface area contributed by atoms with E-state index in [1.165, 1.54) is 64.7 Å². The Bertz CT molecular complexity index is 1730. The third-order valence-corrected chi connectivity index (χ3v) is 8.72. The number of hydrogen-bond donors (Lipinski definition) is 0. The van der Waals surface area contributed by atoms with Gasteiger partial charge in [-0.05, 0) is 70.2 Å². The van der Waals surface area contributed by atoms with Gasteiger partial charge in [0.1, 0.15) is 7.05 Å². The van der Waals surface area contributed by atoms with Gasteiger partial charge in [-0.15, -0.1) is 0 Å². The second-order valence-electron chi connectivity index (χ2n) is 13.3. The van der Waals surface area contributed by atoms with E-state index in [-0.39, 0.29) is 10.8 Å². The van der Waals surface area contributed by atoms with E-state index in [1.54, 1.807) is 0 Å². The summed E-state index contributed by atoms with van der Waals surface area (Å²) in [5, 5.41) is 6.72. The fourth-order valence-corrected chi connectivity index (χ4v) is 7.50. The average molecular weight is 506 g/mol. The summed E-state index contributed by atoms with van der Waals surface area (Å²) in [7, 11) is 2.20. The Kier molecular flexibility index (Phi) is 5.48. The van der Waals surface area contributed by atoms with Crippen LogP contribution >= 0.6 is 11.8 Å². The predicted octanol–water partition coefficient (Wildman–Crippen LogP) is 8.98. The highest BCUT2D eigenvalue weighted by Crippen LogP contribution is 2.53. The van der Waals surface area contributed by atoms with Crippen molar-refractivity contribution in [2.24, 2.45) is 17.9 Å². The molecule has 0 saturated carbocycles. The Hall–Kier alpha value is -2.91. The van der Waals surface area contributed by atoms with Crippen LogP contribution in [-0.4, -0.2) is 4.98 Å². The van der Waals surface area contributed by atoms with Crippen LogP contribution in [0.4, 0.5) is 0 Å². The Morgan fingerprint density at radius 1 is 0.865 bits per heavy atom. The summed E-state index contributed by atoms with van der Waals surface area (Å²) in [6.07, 6.45) is 6.29. The Labute approximate surface area is 225 Å². The topological polar surface area (TPSA) is 16.8 Å². The second kappa shape index (κ2) is 8.30. The highest BCUT2D eigenvalue weighted by atomic mass is 32.2. The minimum Gasteiger partial charge on any atom is -0.256 e. The number of benzene rings is 3. The van der Waals surface area contributed by atoms with Crippen LogP contribution in [0.3, 0.4) is 0 Å². The lowest BCUT2D eigenvalue weighted by atomic mass is 9.83. The number of rotatable bonds is 2. The van der Waals surface area contributed by atoms with E-state index in [0.717, 1.165) is 18.4 Å². The zero-order valence-corrected chi connectivity index (χ0v) is 24.2. The van der Waals surface area contributed by atoms with E-state index >= 15 is 0 Å². The molecule has 0 unspecified atom stereocenters. The molecule has 37 heavy (non-hydrogen) atoms. The molecule has 0 radical (unpaired) electrons. The van der Waals surface area contributed by atoms with Gasteiger partial charge in [-0.1, -0.05) is 77.6 Å². The Morgan fingerprint density at radius 2 is 1.62 bits per heavy atom. The fraction of sp³-hybridized carbons (Fsp3) is 0.353. The third-order valence-electron chi connectivity index (χ3n) is 7.52. The molecule has 188 valence electrons. The number of hydrogen-bond acceptors (Lipinski definition) is 2. The first kappa shape index (κ1) is 24.4. The number of aromatic nitrogens is 2. The molecule has 0 fully saturated rings. The summed E-state index contributed by atoms with van der Waals surface area (Å²) in [5.74, 6) is 0. The zero-order chi connectivity index (χ0) is 26.3. The van der Waals surface area contributed by atoms with Gasteiger partial charge in [0.05, 0.1) is 16.5 Å². The lowest BCUT2D eigenvalue weighted by Gasteiger charge is -2.27. The summed E-state index contributed by atoms with van der Waals surface area (Å²) in [4.78, 5) is 7.68. The van der Waals surface area contributed by atoms with Gasteiger partial charge in [0.25, 0.3) is 0 Å². The summed E-state index contributed by atoms with van der Waals surface area (Å²) >= 11 is 1.97. The van der Waals surface area contributed by atoms with Crippen LogP contribution in [0.15, 0.2) is 64.6 Å². The summed E-state index contributed by atoms with van der Waals surface area (Å²) in [6.45, 7) is 16.2. The molecule has 0 amide bonds. The van der Waals surface area contributed by atoms with Crippen molar-refractivity contribution in [3.05, 3.63) is 71.5 Å². The summed E-state index contributed by atoms with van der Waals surface area (Å²) < 4.78 is 2.33. The van der Waals surface area contributed by atoms with Gasteiger partial charge in [-0.3, -0.25) is 4.98 Å². The molecule has 3 heteroatoms. The lowest BCUT2D eigenvalue weighted by Crippen LogP contribution is -2.32. The van der Waals surface area contributed by atoms with Crippen molar-refractivity contribution in [3.8, 4) is 11.3 Å². The molecule has 0 spiro atoms. The van der Waals surface area contributed by atoms with Gasteiger partial charge < -0.3 is 0 Å². The average Bonchev–Trinajstić information content (AvgIpc) is 2.81. The molecular formula is C34H37N2S+. The monoisotopic (exact) mass is 505 g/mol. The Morgan fingerprint density at radius 3 is 2.35 bits per heavy atom. The predicted molar refractivity (Wildman–Crippen MR) is 159 cm³/mol. The van der Waals surface area contributed by atoms with Crippen LogP contribution in [0.2, 0.25) is 0 Å². The number of pyridine rings is 2. The van der Waals surface area contributed by atoms with Crippen LogP contribution in [-0.2, 0) is 19.9 Å². The minimum atomic E-state index is 0.174. The van der Waals surface area contributed by atoms with E-state index in [9.17, 15) is 0 Å². The molecule has 1 aliphatic rings. The van der Waals surface area contributed by atoms with Gasteiger partial charge >= 0.3 is 0 Å². The second-order valence-corrected chi connectivity index (χ2v) is 14.3. The third kappa shape index (κ3) is 4.12. The first-order valence-corrected chi connectivity index (χ1v) is 14.2. The SMILES string of the molecule is Cc1c2c(c(CC(C)(C)C)c3cccnc13)Sc1cc3ccc(CC(C)(C)C)cc3c3cc[n+](C)c-2c13. The molecule has 2 aromatic heterocycles. The van der Waals surface area contributed by atoms with Gasteiger partial charge in [0.2, 0.25) is 5.69 Å². The van der Waals surface area contributed by atoms with E-state index in [2.05, 4.69) is 109 Å². The van der Waals surface area contributed by atoms with Crippen molar-refractivity contribution in [3.63, 3.8) is 0 Å². The minimum absolute atomic E-state index is 0.174. The van der Waals surface area contributed by atoms with Crippen molar-refractivity contribution in [1.82, 2.24) is 4.98 Å². The van der Waals surface area contributed by atoms with E-state index < -0.39 is 0 Å². The maximum atomic E-state index is 4.91. The van der Waals surface area contributed by atoms with E-state index in [4.69, 9.17) is 4.98 Å². The molecule has 5 aromatic rings. The van der Waals surface area contributed by atoms with Gasteiger partial charge in [-0.2, -0.15) is 0 Å². The quantitative estimate of drug-likeness (QED) is 0.172. The molecular weight excluding hydrogens is 468 g/mol. The number of aryl methyl sites for hydroxylation is 2.